The van der Waals surface area contributed by atoms with E-state index < -0.39 is 0 Å². The minimum atomic E-state index is -0.129. The topological polar surface area (TPSA) is 96.5 Å². The molecule has 1 fully saturated rings. The molecule has 0 unspecified atom stereocenters. The number of methoxy groups -OCH3 is 1. The molecule has 0 aliphatic carbocycles. The number of amides is 2. The lowest BCUT2D eigenvalue weighted by Crippen LogP contribution is -2.41. The van der Waals surface area contributed by atoms with Crippen LogP contribution in [-0.4, -0.2) is 42.2 Å². The fourth-order valence-corrected chi connectivity index (χ4v) is 3.07. The monoisotopic (exact) mass is 369 g/mol. The maximum absolute atomic E-state index is 12.6. The number of piperidine rings is 1. The molecule has 1 aromatic heterocycles. The average molecular weight is 369 g/mol. The number of carbonyl (C=O) groups excluding carboxylic acids is 2. The van der Waals surface area contributed by atoms with Crippen LogP contribution in [0.2, 0.25) is 0 Å². The predicted octanol–water partition coefficient (Wildman–Crippen LogP) is 2.30. The molecule has 2 heterocycles. The van der Waals surface area contributed by atoms with Gasteiger partial charge in [-0.15, -0.1) is 10.2 Å². The first-order valence-corrected chi connectivity index (χ1v) is 8.86. The van der Waals surface area contributed by atoms with Gasteiger partial charge in [-0.25, -0.2) is 0 Å². The van der Waals surface area contributed by atoms with Crippen LogP contribution in [0.25, 0.3) is 0 Å². The van der Waals surface area contributed by atoms with Gasteiger partial charge in [0.1, 0.15) is 0 Å². The van der Waals surface area contributed by atoms with Crippen molar-refractivity contribution in [3.05, 3.63) is 36.4 Å². The molecule has 1 aliphatic rings. The van der Waals surface area contributed by atoms with Crippen LogP contribution in [0, 0.1) is 5.92 Å². The SMILES string of the molecule is COc1ccc(N2CCC[C@@H](C(=O)Nc3ccc(NC(C)=O)cc3)C2)nn1. The minimum Gasteiger partial charge on any atom is -0.480 e. The van der Waals surface area contributed by atoms with Gasteiger partial charge < -0.3 is 20.3 Å². The molecule has 0 saturated carbocycles. The lowest BCUT2D eigenvalue weighted by molar-refractivity contribution is -0.120. The summed E-state index contributed by atoms with van der Waals surface area (Å²) in [4.78, 5) is 25.8. The smallest absolute Gasteiger partial charge is 0.233 e. The summed E-state index contributed by atoms with van der Waals surface area (Å²) in [5.74, 6) is 0.933. The van der Waals surface area contributed by atoms with Gasteiger partial charge in [-0.05, 0) is 43.2 Å². The largest absolute Gasteiger partial charge is 0.480 e. The maximum atomic E-state index is 12.6. The number of ether oxygens (including phenoxy) is 1. The summed E-state index contributed by atoms with van der Waals surface area (Å²) in [7, 11) is 1.55. The molecule has 0 bridgehead atoms. The summed E-state index contributed by atoms with van der Waals surface area (Å²) < 4.78 is 5.03. The summed E-state index contributed by atoms with van der Waals surface area (Å²) in [5, 5.41) is 13.8. The van der Waals surface area contributed by atoms with Gasteiger partial charge in [-0.2, -0.15) is 0 Å². The Labute approximate surface area is 157 Å². The number of benzene rings is 1. The summed E-state index contributed by atoms with van der Waals surface area (Å²) in [5.41, 5.74) is 1.40. The van der Waals surface area contributed by atoms with Gasteiger partial charge in [0.05, 0.1) is 13.0 Å². The molecule has 2 aromatic rings. The lowest BCUT2D eigenvalue weighted by Gasteiger charge is -2.32. The lowest BCUT2D eigenvalue weighted by atomic mass is 9.97. The number of aromatic nitrogens is 2. The summed E-state index contributed by atoms with van der Waals surface area (Å²) in [6.07, 6.45) is 1.74. The molecule has 2 amide bonds. The molecule has 2 N–H and O–H groups in total. The first kappa shape index (κ1) is 18.6. The molecule has 1 saturated heterocycles. The molecular formula is C19H23N5O3. The molecule has 27 heavy (non-hydrogen) atoms. The molecule has 1 aliphatic heterocycles. The average Bonchev–Trinajstić information content (AvgIpc) is 2.69. The molecule has 3 rings (SSSR count). The van der Waals surface area contributed by atoms with Crippen molar-refractivity contribution >= 4 is 29.0 Å². The van der Waals surface area contributed by atoms with E-state index in [1.807, 2.05) is 6.07 Å². The molecule has 8 heteroatoms. The second-order valence-electron chi connectivity index (χ2n) is 6.47. The van der Waals surface area contributed by atoms with Crippen LogP contribution in [0.15, 0.2) is 36.4 Å². The van der Waals surface area contributed by atoms with Gasteiger partial charge in [0.2, 0.25) is 17.7 Å². The van der Waals surface area contributed by atoms with Crippen LogP contribution in [0.1, 0.15) is 19.8 Å². The number of nitrogens with one attached hydrogen (secondary N) is 2. The number of hydrogen-bond acceptors (Lipinski definition) is 6. The number of anilines is 3. The molecule has 1 atom stereocenters. The zero-order chi connectivity index (χ0) is 19.2. The van der Waals surface area contributed by atoms with E-state index in [2.05, 4.69) is 25.7 Å². The first-order valence-electron chi connectivity index (χ1n) is 8.86. The van der Waals surface area contributed by atoms with Crippen molar-refractivity contribution in [3.63, 3.8) is 0 Å². The number of hydrogen-bond donors (Lipinski definition) is 2. The maximum Gasteiger partial charge on any atom is 0.233 e. The zero-order valence-electron chi connectivity index (χ0n) is 15.4. The van der Waals surface area contributed by atoms with Crippen molar-refractivity contribution in [2.24, 2.45) is 5.92 Å². The molecule has 8 nitrogen and oxygen atoms in total. The second-order valence-corrected chi connectivity index (χ2v) is 6.47. The minimum absolute atomic E-state index is 0.0200. The van der Waals surface area contributed by atoms with Gasteiger partial charge >= 0.3 is 0 Å². The number of rotatable bonds is 5. The Balaban J connectivity index is 1.59. The van der Waals surface area contributed by atoms with Crippen LogP contribution in [0.5, 0.6) is 5.88 Å². The van der Waals surface area contributed by atoms with Crippen molar-refractivity contribution in [1.29, 1.82) is 0 Å². The Morgan fingerprint density at radius 2 is 1.78 bits per heavy atom. The Morgan fingerprint density at radius 3 is 2.37 bits per heavy atom. The Kier molecular flexibility index (Phi) is 5.85. The highest BCUT2D eigenvalue weighted by molar-refractivity contribution is 5.94. The Bertz CT molecular complexity index is 792. The fourth-order valence-electron chi connectivity index (χ4n) is 3.07. The highest BCUT2D eigenvalue weighted by Crippen LogP contribution is 2.23. The third-order valence-electron chi connectivity index (χ3n) is 4.42. The Hall–Kier alpha value is -3.16. The van der Waals surface area contributed by atoms with E-state index in [9.17, 15) is 9.59 Å². The van der Waals surface area contributed by atoms with Gasteiger partial charge in [0.15, 0.2) is 5.82 Å². The van der Waals surface area contributed by atoms with E-state index in [4.69, 9.17) is 4.74 Å². The molecule has 0 radical (unpaired) electrons. The van der Waals surface area contributed by atoms with Gasteiger partial charge in [-0.3, -0.25) is 9.59 Å². The number of nitrogens with zero attached hydrogens (tertiary/aromatic N) is 3. The van der Waals surface area contributed by atoms with E-state index in [0.29, 0.717) is 23.8 Å². The van der Waals surface area contributed by atoms with Crippen molar-refractivity contribution in [3.8, 4) is 5.88 Å². The predicted molar refractivity (Wildman–Crippen MR) is 103 cm³/mol. The molecular weight excluding hydrogens is 346 g/mol. The van der Waals surface area contributed by atoms with Gasteiger partial charge in [0.25, 0.3) is 0 Å². The standard InChI is InChI=1S/C19H23N5O3/c1-13(25)20-15-5-7-16(8-6-15)21-19(26)14-4-3-11-24(12-14)17-9-10-18(27-2)23-22-17/h5-10,14H,3-4,11-12H2,1-2H3,(H,20,25)(H,21,26)/t14-/m1/s1. The van der Waals surface area contributed by atoms with E-state index in [-0.39, 0.29) is 17.7 Å². The van der Waals surface area contributed by atoms with Crippen molar-refractivity contribution in [1.82, 2.24) is 10.2 Å². The van der Waals surface area contributed by atoms with Crippen LogP contribution >= 0.6 is 0 Å². The highest BCUT2D eigenvalue weighted by atomic mass is 16.5. The van der Waals surface area contributed by atoms with Crippen molar-refractivity contribution < 1.29 is 14.3 Å². The van der Waals surface area contributed by atoms with Crippen molar-refractivity contribution in [2.45, 2.75) is 19.8 Å². The molecule has 142 valence electrons. The van der Waals surface area contributed by atoms with E-state index in [1.165, 1.54) is 6.92 Å². The van der Waals surface area contributed by atoms with Gasteiger partial charge in [0, 0.05) is 37.5 Å². The Morgan fingerprint density at radius 1 is 1.07 bits per heavy atom. The molecule has 0 spiro atoms. The quantitative estimate of drug-likeness (QED) is 0.839. The third-order valence-corrected chi connectivity index (χ3v) is 4.42. The fraction of sp³-hybridized carbons (Fsp3) is 0.368. The third kappa shape index (κ3) is 4.93. The second kappa shape index (κ2) is 8.48. The van der Waals surface area contributed by atoms with Crippen LogP contribution < -0.4 is 20.3 Å². The van der Waals surface area contributed by atoms with E-state index >= 15 is 0 Å². The summed E-state index contributed by atoms with van der Waals surface area (Å²) in [6, 6.07) is 10.7. The number of carbonyl (C=O) groups is 2. The summed E-state index contributed by atoms with van der Waals surface area (Å²) in [6.45, 7) is 2.89. The highest BCUT2D eigenvalue weighted by Gasteiger charge is 2.26. The van der Waals surface area contributed by atoms with Crippen LogP contribution in [0.3, 0.4) is 0 Å². The van der Waals surface area contributed by atoms with E-state index in [1.54, 1.807) is 37.4 Å². The zero-order valence-corrected chi connectivity index (χ0v) is 15.4. The van der Waals surface area contributed by atoms with Crippen LogP contribution in [-0.2, 0) is 9.59 Å². The van der Waals surface area contributed by atoms with E-state index in [0.717, 1.165) is 25.2 Å². The van der Waals surface area contributed by atoms with Crippen molar-refractivity contribution in [2.75, 3.05) is 35.7 Å². The van der Waals surface area contributed by atoms with Gasteiger partial charge in [-0.1, -0.05) is 0 Å². The normalized spacial score (nSPS) is 16.5. The summed E-state index contributed by atoms with van der Waals surface area (Å²) >= 11 is 0. The van der Waals surface area contributed by atoms with Crippen LogP contribution in [0.4, 0.5) is 17.2 Å². The molecule has 1 aromatic carbocycles. The first-order chi connectivity index (χ1) is 13.0.